The normalized spacial score (nSPS) is 27.3. The molecule has 1 amide bonds. The molecule has 3 N–H and O–H groups in total. The van der Waals surface area contributed by atoms with Crippen molar-refractivity contribution in [3.8, 4) is 0 Å². The van der Waals surface area contributed by atoms with Gasteiger partial charge in [0.2, 0.25) is 5.91 Å². The number of hydrogen-bond acceptors (Lipinski definition) is 4. The number of aromatic amines is 1. The average Bonchev–Trinajstić information content (AvgIpc) is 3.23. The molecule has 0 radical (unpaired) electrons. The number of hydrazine groups is 1. The van der Waals surface area contributed by atoms with Gasteiger partial charge in [-0.2, -0.15) is 0 Å². The molecule has 6 nitrogen and oxygen atoms in total. The summed E-state index contributed by atoms with van der Waals surface area (Å²) < 4.78 is 0. The second kappa shape index (κ2) is 7.37. The summed E-state index contributed by atoms with van der Waals surface area (Å²) in [6.07, 6.45) is 3.58. The lowest BCUT2D eigenvalue weighted by Gasteiger charge is -2.31. The number of fused-ring (bicyclic) bond motifs is 1. The molecule has 140 valence electrons. The van der Waals surface area contributed by atoms with E-state index in [0.29, 0.717) is 36.2 Å². The van der Waals surface area contributed by atoms with Crippen LogP contribution in [0.1, 0.15) is 51.3 Å². The summed E-state index contributed by atoms with van der Waals surface area (Å²) in [4.78, 5) is 22.9. The number of amides is 1. The Labute approximate surface area is 154 Å². The minimum atomic E-state index is 0.305. The molecule has 2 fully saturated rings. The molecule has 26 heavy (non-hydrogen) atoms. The zero-order valence-corrected chi connectivity index (χ0v) is 15.7. The van der Waals surface area contributed by atoms with Crippen LogP contribution < -0.4 is 10.9 Å². The Morgan fingerprint density at radius 3 is 2.54 bits per heavy atom. The van der Waals surface area contributed by atoms with Crippen LogP contribution in [0.15, 0.2) is 24.3 Å². The highest BCUT2D eigenvalue weighted by Crippen LogP contribution is 2.28. The molecule has 2 unspecified atom stereocenters. The van der Waals surface area contributed by atoms with Crippen molar-refractivity contribution in [2.75, 3.05) is 13.1 Å². The fraction of sp³-hybridized carbons (Fsp3) is 0.600. The Bertz CT molecular complexity index is 721. The van der Waals surface area contributed by atoms with Gasteiger partial charge >= 0.3 is 0 Å². The number of nitrogens with one attached hydrogen (secondary N) is 3. The first-order valence-electron chi connectivity index (χ1n) is 9.85. The first kappa shape index (κ1) is 17.5. The van der Waals surface area contributed by atoms with Gasteiger partial charge in [-0.3, -0.25) is 15.6 Å². The maximum Gasteiger partial charge on any atom is 0.222 e. The van der Waals surface area contributed by atoms with Crippen molar-refractivity contribution in [2.45, 2.75) is 57.5 Å². The molecular weight excluding hydrogens is 326 g/mol. The number of carbonyl (C=O) groups is 1. The highest BCUT2D eigenvalue weighted by atomic mass is 16.2. The first-order chi connectivity index (χ1) is 12.6. The highest BCUT2D eigenvalue weighted by molar-refractivity contribution is 5.76. The summed E-state index contributed by atoms with van der Waals surface area (Å²) >= 11 is 0. The van der Waals surface area contributed by atoms with Gasteiger partial charge < -0.3 is 9.88 Å². The summed E-state index contributed by atoms with van der Waals surface area (Å²) in [5.41, 5.74) is 8.67. The smallest absolute Gasteiger partial charge is 0.222 e. The van der Waals surface area contributed by atoms with Crippen LogP contribution in [0.3, 0.4) is 0 Å². The summed E-state index contributed by atoms with van der Waals surface area (Å²) in [6.45, 7) is 6.05. The monoisotopic (exact) mass is 355 g/mol. The second-order valence-corrected chi connectivity index (χ2v) is 7.86. The third kappa shape index (κ3) is 3.48. The molecule has 3 heterocycles. The summed E-state index contributed by atoms with van der Waals surface area (Å²) in [6, 6.07) is 9.02. The van der Waals surface area contributed by atoms with Crippen molar-refractivity contribution < 1.29 is 4.79 Å². The maximum absolute atomic E-state index is 12.6. The fourth-order valence-electron chi connectivity index (χ4n) is 4.43. The maximum atomic E-state index is 12.6. The zero-order chi connectivity index (χ0) is 18.1. The Hall–Kier alpha value is -1.92. The van der Waals surface area contributed by atoms with Crippen LogP contribution in [0.25, 0.3) is 11.0 Å². The van der Waals surface area contributed by atoms with E-state index in [1.165, 1.54) is 0 Å². The molecule has 2 atom stereocenters. The first-order valence-corrected chi connectivity index (χ1v) is 9.85. The molecule has 2 aliphatic heterocycles. The van der Waals surface area contributed by atoms with Crippen molar-refractivity contribution in [2.24, 2.45) is 5.92 Å². The lowest BCUT2D eigenvalue weighted by Crippen LogP contribution is -2.38. The quantitative estimate of drug-likeness (QED) is 0.788. The van der Waals surface area contributed by atoms with Crippen LogP contribution in [0.4, 0.5) is 0 Å². The number of imidazole rings is 1. The van der Waals surface area contributed by atoms with Crippen molar-refractivity contribution in [3.05, 3.63) is 30.1 Å². The number of carbonyl (C=O) groups excluding carboxylic acids is 1. The fourth-order valence-corrected chi connectivity index (χ4v) is 4.43. The largest absolute Gasteiger partial charge is 0.343 e. The molecule has 0 bridgehead atoms. The van der Waals surface area contributed by atoms with Gasteiger partial charge in [-0.1, -0.05) is 12.1 Å². The van der Waals surface area contributed by atoms with Gasteiger partial charge in [-0.25, -0.2) is 4.98 Å². The number of H-pyrrole nitrogens is 1. The average molecular weight is 355 g/mol. The third-order valence-corrected chi connectivity index (χ3v) is 6.16. The van der Waals surface area contributed by atoms with Gasteiger partial charge in [-0.05, 0) is 51.2 Å². The van der Waals surface area contributed by atoms with E-state index < -0.39 is 0 Å². The number of para-hydroxylation sites is 2. The third-order valence-electron chi connectivity index (χ3n) is 6.16. The number of piperidine rings is 1. The molecule has 1 aromatic carbocycles. The van der Waals surface area contributed by atoms with E-state index >= 15 is 0 Å². The lowest BCUT2D eigenvalue weighted by molar-refractivity contribution is -0.132. The van der Waals surface area contributed by atoms with E-state index in [4.69, 9.17) is 4.98 Å². The Balaban J connectivity index is 1.29. The molecule has 4 rings (SSSR count). The van der Waals surface area contributed by atoms with E-state index in [0.717, 1.165) is 49.2 Å². The topological polar surface area (TPSA) is 73.0 Å². The van der Waals surface area contributed by atoms with Gasteiger partial charge in [0, 0.05) is 37.5 Å². The Kier molecular flexibility index (Phi) is 4.96. The lowest BCUT2D eigenvalue weighted by atomic mass is 9.91. The Morgan fingerprint density at radius 1 is 1.15 bits per heavy atom. The predicted octanol–water partition coefficient (Wildman–Crippen LogP) is 2.55. The van der Waals surface area contributed by atoms with Crippen molar-refractivity contribution in [1.82, 2.24) is 25.7 Å². The summed E-state index contributed by atoms with van der Waals surface area (Å²) in [7, 11) is 0. The standard InChI is InChI=1S/C20H29N5O/c1-13-16(14(2)24-23-13)7-8-19(26)25-11-9-15(10-12-25)20-21-17-5-3-4-6-18(17)22-20/h3-6,13-16,23-24H,7-12H2,1-2H3,(H,21,22). The van der Waals surface area contributed by atoms with Crippen molar-refractivity contribution >= 4 is 16.9 Å². The SMILES string of the molecule is CC1NNC(C)C1CCC(=O)N1CCC(c2nc3ccccc3[nH]2)CC1. The molecule has 2 aromatic rings. The minimum absolute atomic E-state index is 0.305. The van der Waals surface area contributed by atoms with Crippen LogP contribution >= 0.6 is 0 Å². The molecule has 2 aliphatic rings. The van der Waals surface area contributed by atoms with Crippen LogP contribution in [0.2, 0.25) is 0 Å². The zero-order valence-electron chi connectivity index (χ0n) is 15.7. The van der Waals surface area contributed by atoms with E-state index in [1.54, 1.807) is 0 Å². The van der Waals surface area contributed by atoms with Crippen LogP contribution in [0.5, 0.6) is 0 Å². The van der Waals surface area contributed by atoms with Crippen LogP contribution in [0, 0.1) is 5.92 Å². The summed E-state index contributed by atoms with van der Waals surface area (Å²) in [5.74, 6) is 2.32. The molecule has 0 aliphatic carbocycles. The van der Waals surface area contributed by atoms with E-state index in [9.17, 15) is 4.79 Å². The molecule has 0 saturated carbocycles. The van der Waals surface area contributed by atoms with Gasteiger partial charge in [0.15, 0.2) is 0 Å². The van der Waals surface area contributed by atoms with E-state index in [1.807, 2.05) is 23.1 Å². The van der Waals surface area contributed by atoms with Crippen LogP contribution in [-0.4, -0.2) is 45.9 Å². The summed E-state index contributed by atoms with van der Waals surface area (Å²) in [5, 5.41) is 0. The number of nitrogens with zero attached hydrogens (tertiary/aromatic N) is 2. The molecule has 1 aromatic heterocycles. The van der Waals surface area contributed by atoms with Gasteiger partial charge in [0.1, 0.15) is 5.82 Å². The van der Waals surface area contributed by atoms with Crippen molar-refractivity contribution in [3.63, 3.8) is 0 Å². The molecule has 6 heteroatoms. The van der Waals surface area contributed by atoms with Crippen molar-refractivity contribution in [1.29, 1.82) is 0 Å². The minimum Gasteiger partial charge on any atom is -0.343 e. The van der Waals surface area contributed by atoms with Crippen LogP contribution in [-0.2, 0) is 4.79 Å². The Morgan fingerprint density at radius 2 is 1.85 bits per heavy atom. The second-order valence-electron chi connectivity index (χ2n) is 7.86. The van der Waals surface area contributed by atoms with Gasteiger partial charge in [0.05, 0.1) is 11.0 Å². The number of likely N-dealkylation sites (tertiary alicyclic amines) is 1. The predicted molar refractivity (Wildman–Crippen MR) is 103 cm³/mol. The van der Waals surface area contributed by atoms with Gasteiger partial charge in [0.25, 0.3) is 0 Å². The van der Waals surface area contributed by atoms with E-state index in [2.05, 4.69) is 35.7 Å². The number of benzene rings is 1. The molecule has 0 spiro atoms. The number of aromatic nitrogens is 2. The van der Waals surface area contributed by atoms with E-state index in [-0.39, 0.29) is 0 Å². The number of hydrogen-bond donors (Lipinski definition) is 3. The number of rotatable bonds is 4. The highest BCUT2D eigenvalue weighted by Gasteiger charge is 2.31. The van der Waals surface area contributed by atoms with Gasteiger partial charge in [-0.15, -0.1) is 0 Å². The molecule has 2 saturated heterocycles. The molecular formula is C20H29N5O.